The number of anilines is 1. The highest BCUT2D eigenvalue weighted by Gasteiger charge is 2.10. The zero-order chi connectivity index (χ0) is 13.1. The molecule has 0 atom stereocenters. The molecule has 2 N–H and O–H groups in total. The highest BCUT2D eigenvalue weighted by atomic mass is 19.1. The molecule has 0 saturated heterocycles. The van der Waals surface area contributed by atoms with Gasteiger partial charge in [-0.1, -0.05) is 12.1 Å². The average Bonchev–Trinajstić information content (AvgIpc) is 2.41. The van der Waals surface area contributed by atoms with Crippen molar-refractivity contribution in [2.24, 2.45) is 0 Å². The van der Waals surface area contributed by atoms with Gasteiger partial charge in [0.2, 0.25) is 0 Å². The summed E-state index contributed by atoms with van der Waals surface area (Å²) in [6.07, 6.45) is 0. The van der Waals surface area contributed by atoms with Crippen molar-refractivity contribution in [3.8, 4) is 22.9 Å². The zero-order valence-corrected chi connectivity index (χ0v) is 9.77. The number of hydrogen-bond donors (Lipinski definition) is 1. The Labute approximate surface area is 104 Å². The molecule has 0 heterocycles. The molecule has 2 aromatic carbocycles. The van der Waals surface area contributed by atoms with Crippen molar-refractivity contribution < 1.29 is 9.13 Å². The molecule has 0 radical (unpaired) electrons. The molecule has 0 unspecified atom stereocenters. The van der Waals surface area contributed by atoms with Crippen LogP contribution in [-0.4, -0.2) is 7.11 Å². The van der Waals surface area contributed by atoms with E-state index in [-0.39, 0.29) is 11.4 Å². The predicted octanol–water partition coefficient (Wildman–Crippen LogP) is 2.96. The summed E-state index contributed by atoms with van der Waals surface area (Å²) in [5, 5.41) is 8.84. The summed E-state index contributed by atoms with van der Waals surface area (Å²) in [5.41, 5.74) is 7.41. The lowest BCUT2D eigenvalue weighted by Gasteiger charge is -2.09. The van der Waals surface area contributed by atoms with Gasteiger partial charge in [0.25, 0.3) is 0 Å². The third kappa shape index (κ3) is 2.11. The van der Waals surface area contributed by atoms with Crippen LogP contribution in [0.25, 0.3) is 11.1 Å². The predicted molar refractivity (Wildman–Crippen MR) is 67.5 cm³/mol. The van der Waals surface area contributed by atoms with Gasteiger partial charge in [-0.25, -0.2) is 4.39 Å². The molecule has 3 nitrogen and oxygen atoms in total. The summed E-state index contributed by atoms with van der Waals surface area (Å²) in [6, 6.07) is 11.9. The van der Waals surface area contributed by atoms with Gasteiger partial charge in [0, 0.05) is 0 Å². The fourth-order valence-corrected chi connectivity index (χ4v) is 1.70. The number of halogens is 1. The zero-order valence-electron chi connectivity index (χ0n) is 9.77. The first-order chi connectivity index (χ1) is 8.65. The molecule has 0 aliphatic rings. The molecule has 0 aromatic heterocycles. The molecule has 2 rings (SSSR count). The molecule has 4 heteroatoms. The second-order valence-electron chi connectivity index (χ2n) is 3.77. The highest BCUT2D eigenvalue weighted by Crippen LogP contribution is 2.31. The minimum Gasteiger partial charge on any atom is -0.494 e. The number of nitriles is 1. The lowest BCUT2D eigenvalue weighted by atomic mass is 10.0. The summed E-state index contributed by atoms with van der Waals surface area (Å²) in [7, 11) is 1.43. The van der Waals surface area contributed by atoms with Crippen LogP contribution in [0.4, 0.5) is 10.1 Å². The molecule has 2 aromatic rings. The number of nitrogens with two attached hydrogens (primary N) is 1. The van der Waals surface area contributed by atoms with Gasteiger partial charge >= 0.3 is 0 Å². The molecule has 0 aliphatic carbocycles. The van der Waals surface area contributed by atoms with Crippen LogP contribution in [0.2, 0.25) is 0 Å². The van der Waals surface area contributed by atoms with E-state index in [9.17, 15) is 4.39 Å². The Morgan fingerprint density at radius 2 is 2.00 bits per heavy atom. The smallest absolute Gasteiger partial charge is 0.150 e. The number of benzene rings is 2. The van der Waals surface area contributed by atoms with Crippen LogP contribution in [0.1, 0.15) is 5.56 Å². The third-order valence-corrected chi connectivity index (χ3v) is 2.64. The normalized spacial score (nSPS) is 9.83. The van der Waals surface area contributed by atoms with Crippen LogP contribution in [0.5, 0.6) is 5.75 Å². The maximum Gasteiger partial charge on any atom is 0.150 e. The van der Waals surface area contributed by atoms with E-state index >= 15 is 0 Å². The number of hydrogen-bond acceptors (Lipinski definition) is 3. The van der Waals surface area contributed by atoms with E-state index in [1.54, 1.807) is 30.3 Å². The molecular formula is C14H11FN2O. The summed E-state index contributed by atoms with van der Waals surface area (Å²) >= 11 is 0. The summed E-state index contributed by atoms with van der Waals surface area (Å²) in [6.45, 7) is 0. The Morgan fingerprint density at radius 3 is 2.67 bits per heavy atom. The molecule has 0 aliphatic heterocycles. The van der Waals surface area contributed by atoms with Crippen molar-refractivity contribution in [3.05, 3.63) is 47.8 Å². The van der Waals surface area contributed by atoms with Crippen LogP contribution in [0.3, 0.4) is 0 Å². The van der Waals surface area contributed by atoms with Crippen molar-refractivity contribution >= 4 is 5.69 Å². The first-order valence-corrected chi connectivity index (χ1v) is 5.29. The van der Waals surface area contributed by atoms with Gasteiger partial charge in [-0.2, -0.15) is 5.26 Å². The van der Waals surface area contributed by atoms with Crippen LogP contribution < -0.4 is 10.5 Å². The van der Waals surface area contributed by atoms with Crippen molar-refractivity contribution in [3.63, 3.8) is 0 Å². The lowest BCUT2D eigenvalue weighted by molar-refractivity contribution is 0.414. The van der Waals surface area contributed by atoms with Gasteiger partial charge in [-0.15, -0.1) is 0 Å². The molecule has 0 amide bonds. The molecule has 0 bridgehead atoms. The standard InChI is InChI=1S/C14H11FN2O/c1-18-13-7-11(6-12(15)14(13)17)10-4-2-3-9(5-10)8-16/h2-7H,17H2,1H3. The number of nitrogens with zero attached hydrogens (tertiary/aromatic N) is 1. The van der Waals surface area contributed by atoms with Crippen molar-refractivity contribution in [2.45, 2.75) is 0 Å². The van der Waals surface area contributed by atoms with E-state index in [4.69, 9.17) is 15.7 Å². The Kier molecular flexibility index (Phi) is 3.16. The third-order valence-electron chi connectivity index (χ3n) is 2.64. The number of nitrogen functional groups attached to an aromatic ring is 1. The average molecular weight is 242 g/mol. The van der Waals surface area contributed by atoms with E-state index in [1.807, 2.05) is 6.07 Å². The lowest BCUT2D eigenvalue weighted by Crippen LogP contribution is -1.96. The second kappa shape index (κ2) is 4.76. The van der Waals surface area contributed by atoms with Gasteiger partial charge in [0.15, 0.2) is 5.82 Å². The Balaban J connectivity index is 2.57. The van der Waals surface area contributed by atoms with Crippen molar-refractivity contribution in [2.75, 3.05) is 12.8 Å². The van der Waals surface area contributed by atoms with Crippen LogP contribution in [0.15, 0.2) is 36.4 Å². The van der Waals surface area contributed by atoms with E-state index in [2.05, 4.69) is 0 Å². The molecular weight excluding hydrogens is 231 g/mol. The first-order valence-electron chi connectivity index (χ1n) is 5.29. The van der Waals surface area contributed by atoms with Gasteiger partial charge in [0.05, 0.1) is 18.7 Å². The maximum absolute atomic E-state index is 13.6. The van der Waals surface area contributed by atoms with Crippen molar-refractivity contribution in [1.29, 1.82) is 5.26 Å². The summed E-state index contributed by atoms with van der Waals surface area (Å²) in [4.78, 5) is 0. The van der Waals surface area contributed by atoms with Gasteiger partial charge in [0.1, 0.15) is 11.4 Å². The minimum absolute atomic E-state index is 0.0160. The van der Waals surface area contributed by atoms with E-state index in [1.165, 1.54) is 13.2 Å². The molecule has 0 fully saturated rings. The topological polar surface area (TPSA) is 59.0 Å². The largest absolute Gasteiger partial charge is 0.494 e. The SMILES string of the molecule is COc1cc(-c2cccc(C#N)c2)cc(F)c1N. The minimum atomic E-state index is -0.535. The molecule has 18 heavy (non-hydrogen) atoms. The second-order valence-corrected chi connectivity index (χ2v) is 3.77. The van der Waals surface area contributed by atoms with E-state index in [0.717, 1.165) is 5.56 Å². The Hall–Kier alpha value is -2.54. The van der Waals surface area contributed by atoms with Gasteiger partial charge in [-0.05, 0) is 35.4 Å². The first kappa shape index (κ1) is 11.9. The van der Waals surface area contributed by atoms with Crippen LogP contribution in [-0.2, 0) is 0 Å². The van der Waals surface area contributed by atoms with E-state index in [0.29, 0.717) is 11.1 Å². The molecule has 90 valence electrons. The number of ether oxygens (including phenoxy) is 1. The van der Waals surface area contributed by atoms with Gasteiger partial charge in [-0.3, -0.25) is 0 Å². The molecule has 0 saturated carbocycles. The van der Waals surface area contributed by atoms with Crippen LogP contribution in [0, 0.1) is 17.1 Å². The number of rotatable bonds is 2. The van der Waals surface area contributed by atoms with Crippen LogP contribution >= 0.6 is 0 Å². The highest BCUT2D eigenvalue weighted by molar-refractivity contribution is 5.71. The van der Waals surface area contributed by atoms with E-state index < -0.39 is 5.82 Å². The quantitative estimate of drug-likeness (QED) is 0.823. The Morgan fingerprint density at radius 1 is 1.22 bits per heavy atom. The van der Waals surface area contributed by atoms with Crippen molar-refractivity contribution in [1.82, 2.24) is 0 Å². The monoisotopic (exact) mass is 242 g/mol. The fourth-order valence-electron chi connectivity index (χ4n) is 1.70. The summed E-state index contributed by atoms with van der Waals surface area (Å²) < 4.78 is 18.6. The number of methoxy groups -OCH3 is 1. The van der Waals surface area contributed by atoms with Gasteiger partial charge < -0.3 is 10.5 Å². The fraction of sp³-hybridized carbons (Fsp3) is 0.0714. The Bertz CT molecular complexity index is 632. The summed E-state index contributed by atoms with van der Waals surface area (Å²) in [5.74, 6) is -0.251. The maximum atomic E-state index is 13.6. The molecule has 0 spiro atoms.